The Balaban J connectivity index is 0.00000264. The number of aromatic nitrogens is 1. The summed E-state index contributed by atoms with van der Waals surface area (Å²) < 4.78 is 0. The summed E-state index contributed by atoms with van der Waals surface area (Å²) >= 11 is 5.78. The number of halogens is 2. The van der Waals surface area contributed by atoms with E-state index in [0.29, 0.717) is 11.7 Å². The van der Waals surface area contributed by atoms with E-state index in [4.69, 9.17) is 11.6 Å². The first-order valence-electron chi connectivity index (χ1n) is 7.36. The molecule has 0 aliphatic rings. The Kier molecular flexibility index (Phi) is 8.94. The molecule has 2 aromatic rings. The first-order chi connectivity index (χ1) is 10.7. The lowest BCUT2D eigenvalue weighted by atomic mass is 10.1. The molecule has 0 amide bonds. The molecule has 0 aliphatic carbocycles. The Morgan fingerprint density at radius 3 is 2.61 bits per heavy atom. The van der Waals surface area contributed by atoms with Gasteiger partial charge in [0.2, 0.25) is 0 Å². The van der Waals surface area contributed by atoms with Crippen molar-refractivity contribution in [2.45, 2.75) is 26.9 Å². The van der Waals surface area contributed by atoms with Crippen LogP contribution in [0.1, 0.15) is 23.6 Å². The van der Waals surface area contributed by atoms with Crippen molar-refractivity contribution < 1.29 is 0 Å². The number of pyridine rings is 1. The largest absolute Gasteiger partial charge is 0.357 e. The molecule has 0 bridgehead atoms. The van der Waals surface area contributed by atoms with Crippen molar-refractivity contribution in [2.75, 3.05) is 6.54 Å². The van der Waals surface area contributed by atoms with Crippen LogP contribution in [0.4, 0.5) is 0 Å². The van der Waals surface area contributed by atoms with Gasteiger partial charge < -0.3 is 10.6 Å². The van der Waals surface area contributed by atoms with Crippen LogP contribution in [0.15, 0.2) is 47.6 Å². The van der Waals surface area contributed by atoms with Gasteiger partial charge in [-0.05, 0) is 36.6 Å². The number of aryl methyl sites for hydroxylation is 1. The molecule has 1 aromatic carbocycles. The first kappa shape index (κ1) is 19.7. The predicted octanol–water partition coefficient (Wildman–Crippen LogP) is 3.92. The van der Waals surface area contributed by atoms with Gasteiger partial charge in [0.05, 0.1) is 6.54 Å². The SMILES string of the molecule is CCNC(=NCc1ccc(Cl)nc1)NCc1ccccc1C.I. The van der Waals surface area contributed by atoms with Crippen molar-refractivity contribution in [3.8, 4) is 0 Å². The van der Waals surface area contributed by atoms with E-state index >= 15 is 0 Å². The summed E-state index contributed by atoms with van der Waals surface area (Å²) in [7, 11) is 0. The highest BCUT2D eigenvalue weighted by atomic mass is 127. The summed E-state index contributed by atoms with van der Waals surface area (Å²) in [5.41, 5.74) is 3.56. The third kappa shape index (κ3) is 6.74. The van der Waals surface area contributed by atoms with Crippen LogP contribution in [0, 0.1) is 6.92 Å². The maximum Gasteiger partial charge on any atom is 0.191 e. The Morgan fingerprint density at radius 1 is 1.17 bits per heavy atom. The minimum absolute atomic E-state index is 0. The molecule has 0 saturated heterocycles. The average molecular weight is 445 g/mol. The van der Waals surface area contributed by atoms with Gasteiger partial charge in [-0.1, -0.05) is 41.9 Å². The molecule has 6 heteroatoms. The number of hydrogen-bond donors (Lipinski definition) is 2. The van der Waals surface area contributed by atoms with Gasteiger partial charge in [0.25, 0.3) is 0 Å². The molecule has 0 atom stereocenters. The number of nitrogens with one attached hydrogen (secondary N) is 2. The van der Waals surface area contributed by atoms with Crippen LogP contribution in [-0.4, -0.2) is 17.5 Å². The standard InChI is InChI=1S/C17H21ClN4.HI/c1-3-19-17(21-11-14-8-9-16(18)20-10-14)22-12-15-7-5-4-6-13(15)2;/h4-10H,3,11-12H2,1-2H3,(H2,19,21,22);1H. The van der Waals surface area contributed by atoms with Crippen LogP contribution in [0.25, 0.3) is 0 Å². The fourth-order valence-corrected chi connectivity index (χ4v) is 2.11. The smallest absolute Gasteiger partial charge is 0.191 e. The van der Waals surface area contributed by atoms with Crippen LogP contribution in [0.2, 0.25) is 5.15 Å². The topological polar surface area (TPSA) is 49.3 Å². The molecule has 2 rings (SSSR count). The second kappa shape index (κ2) is 10.4. The average Bonchev–Trinajstić information content (AvgIpc) is 2.53. The number of hydrogen-bond acceptors (Lipinski definition) is 2. The van der Waals surface area contributed by atoms with Gasteiger partial charge in [0.15, 0.2) is 5.96 Å². The summed E-state index contributed by atoms with van der Waals surface area (Å²) in [5, 5.41) is 7.10. The minimum atomic E-state index is 0. The number of aliphatic imine (C=N–C) groups is 1. The monoisotopic (exact) mass is 444 g/mol. The van der Waals surface area contributed by atoms with Crippen LogP contribution in [0.3, 0.4) is 0 Å². The fourth-order valence-electron chi connectivity index (χ4n) is 2.00. The van der Waals surface area contributed by atoms with E-state index in [-0.39, 0.29) is 24.0 Å². The van der Waals surface area contributed by atoms with Gasteiger partial charge >= 0.3 is 0 Å². The van der Waals surface area contributed by atoms with Gasteiger partial charge in [-0.3, -0.25) is 0 Å². The molecular formula is C17H22ClIN4. The second-order valence-electron chi connectivity index (χ2n) is 4.96. The molecule has 0 saturated carbocycles. The highest BCUT2D eigenvalue weighted by Gasteiger charge is 2.01. The van der Waals surface area contributed by atoms with Gasteiger partial charge in [0, 0.05) is 19.3 Å². The van der Waals surface area contributed by atoms with E-state index in [9.17, 15) is 0 Å². The third-order valence-corrected chi connectivity index (χ3v) is 3.48. The normalized spacial score (nSPS) is 10.8. The second-order valence-corrected chi connectivity index (χ2v) is 5.35. The molecule has 1 aromatic heterocycles. The lowest BCUT2D eigenvalue weighted by Crippen LogP contribution is -2.36. The van der Waals surface area contributed by atoms with E-state index in [1.807, 2.05) is 18.2 Å². The van der Waals surface area contributed by atoms with Gasteiger partial charge in [-0.25, -0.2) is 9.98 Å². The molecule has 0 unspecified atom stereocenters. The lowest BCUT2D eigenvalue weighted by molar-refractivity contribution is 0.812. The Labute approximate surface area is 159 Å². The number of nitrogens with zero attached hydrogens (tertiary/aromatic N) is 2. The van der Waals surface area contributed by atoms with E-state index in [2.05, 4.69) is 46.6 Å². The minimum Gasteiger partial charge on any atom is -0.357 e. The summed E-state index contributed by atoms with van der Waals surface area (Å²) in [6.07, 6.45) is 1.75. The molecule has 23 heavy (non-hydrogen) atoms. The van der Waals surface area contributed by atoms with Crippen molar-refractivity contribution in [3.63, 3.8) is 0 Å². The molecule has 4 nitrogen and oxygen atoms in total. The molecule has 0 aliphatic heterocycles. The molecule has 1 heterocycles. The molecular weight excluding hydrogens is 423 g/mol. The van der Waals surface area contributed by atoms with E-state index in [1.165, 1.54) is 11.1 Å². The molecule has 0 spiro atoms. The molecule has 2 N–H and O–H groups in total. The summed E-state index contributed by atoms with van der Waals surface area (Å²) in [6.45, 7) is 6.29. The number of rotatable bonds is 5. The van der Waals surface area contributed by atoms with Gasteiger partial charge in [-0.15, -0.1) is 24.0 Å². The zero-order valence-electron chi connectivity index (χ0n) is 13.3. The molecule has 124 valence electrons. The van der Waals surface area contributed by atoms with E-state index < -0.39 is 0 Å². The highest BCUT2D eigenvalue weighted by Crippen LogP contribution is 2.07. The fraction of sp³-hybridized carbons (Fsp3) is 0.294. The number of benzene rings is 1. The van der Waals surface area contributed by atoms with Crippen molar-refractivity contribution >= 4 is 41.5 Å². The summed E-state index contributed by atoms with van der Waals surface area (Å²) in [5.74, 6) is 0.792. The summed E-state index contributed by atoms with van der Waals surface area (Å²) in [4.78, 5) is 8.63. The van der Waals surface area contributed by atoms with Gasteiger partial charge in [-0.2, -0.15) is 0 Å². The van der Waals surface area contributed by atoms with Crippen molar-refractivity contribution in [1.82, 2.24) is 15.6 Å². The zero-order valence-corrected chi connectivity index (χ0v) is 16.4. The third-order valence-electron chi connectivity index (χ3n) is 3.26. The van der Waals surface area contributed by atoms with Crippen LogP contribution in [0.5, 0.6) is 0 Å². The number of guanidine groups is 1. The zero-order chi connectivity index (χ0) is 15.8. The van der Waals surface area contributed by atoms with Crippen molar-refractivity contribution in [2.24, 2.45) is 4.99 Å². The Hall–Kier alpha value is -1.34. The first-order valence-corrected chi connectivity index (χ1v) is 7.74. The van der Waals surface area contributed by atoms with Crippen LogP contribution < -0.4 is 10.6 Å². The Morgan fingerprint density at radius 2 is 1.96 bits per heavy atom. The highest BCUT2D eigenvalue weighted by molar-refractivity contribution is 14.0. The molecule has 0 fully saturated rings. The van der Waals surface area contributed by atoms with Gasteiger partial charge in [0.1, 0.15) is 5.15 Å². The lowest BCUT2D eigenvalue weighted by Gasteiger charge is -2.12. The van der Waals surface area contributed by atoms with Crippen LogP contribution >= 0.6 is 35.6 Å². The van der Waals surface area contributed by atoms with Crippen molar-refractivity contribution in [1.29, 1.82) is 0 Å². The Bertz CT molecular complexity index is 629. The maximum atomic E-state index is 5.78. The quantitative estimate of drug-likeness (QED) is 0.318. The van der Waals surface area contributed by atoms with E-state index in [0.717, 1.165) is 24.6 Å². The van der Waals surface area contributed by atoms with E-state index in [1.54, 1.807) is 12.3 Å². The van der Waals surface area contributed by atoms with Crippen molar-refractivity contribution in [3.05, 3.63) is 64.4 Å². The maximum absolute atomic E-state index is 5.78. The summed E-state index contributed by atoms with van der Waals surface area (Å²) in [6, 6.07) is 12.0. The van der Waals surface area contributed by atoms with Crippen LogP contribution in [-0.2, 0) is 13.1 Å². The predicted molar refractivity (Wildman–Crippen MR) is 107 cm³/mol. The molecule has 0 radical (unpaired) electrons.